The van der Waals surface area contributed by atoms with Gasteiger partial charge in [0, 0.05) is 28.2 Å². The van der Waals surface area contributed by atoms with Crippen LogP contribution < -0.4 is 10.2 Å². The molecular formula is C14H15BrN4OS. The van der Waals surface area contributed by atoms with Crippen molar-refractivity contribution >= 4 is 44.2 Å². The summed E-state index contributed by atoms with van der Waals surface area (Å²) < 4.78 is 5.17. The van der Waals surface area contributed by atoms with Crippen molar-refractivity contribution in [3.8, 4) is 0 Å². The van der Waals surface area contributed by atoms with Crippen LogP contribution in [0.3, 0.4) is 0 Å². The summed E-state index contributed by atoms with van der Waals surface area (Å²) in [6.07, 6.45) is 0.770. The number of aryl methyl sites for hydroxylation is 2. The summed E-state index contributed by atoms with van der Waals surface area (Å²) >= 11 is 4.77. The second kappa shape index (κ2) is 5.73. The van der Waals surface area contributed by atoms with Gasteiger partial charge in [0.05, 0.1) is 0 Å². The Balaban J connectivity index is 1.75. The fourth-order valence-electron chi connectivity index (χ4n) is 2.37. The van der Waals surface area contributed by atoms with Gasteiger partial charge < -0.3 is 10.2 Å². The lowest BCUT2D eigenvalue weighted by Gasteiger charge is -2.18. The van der Waals surface area contributed by atoms with Crippen molar-refractivity contribution in [1.29, 1.82) is 0 Å². The van der Waals surface area contributed by atoms with Crippen molar-refractivity contribution in [2.24, 2.45) is 0 Å². The molecule has 1 saturated heterocycles. The first-order chi connectivity index (χ1) is 10.0. The number of hydrogen-bond acceptors (Lipinski definition) is 5. The Morgan fingerprint density at radius 2 is 2.24 bits per heavy atom. The summed E-state index contributed by atoms with van der Waals surface area (Å²) in [7, 11) is 0. The third-order valence-electron chi connectivity index (χ3n) is 3.48. The quantitative estimate of drug-likeness (QED) is 0.906. The highest BCUT2D eigenvalue weighted by Crippen LogP contribution is 2.27. The molecule has 0 bridgehead atoms. The number of anilines is 2. The molecule has 21 heavy (non-hydrogen) atoms. The topological polar surface area (TPSA) is 58.1 Å². The standard InChI is InChI=1S/C14H15BrN4OS/c1-8-7-10(3-4-11(8)15)19-6-5-12(13(19)20)17-14-16-9(2)18-21-14/h3-4,7,12H,5-6H2,1-2H3,(H,16,17,18). The van der Waals surface area contributed by atoms with E-state index in [0.717, 1.165) is 34.5 Å². The maximum absolute atomic E-state index is 12.5. The van der Waals surface area contributed by atoms with E-state index in [4.69, 9.17) is 0 Å². The van der Waals surface area contributed by atoms with E-state index < -0.39 is 0 Å². The number of aromatic nitrogens is 2. The second-order valence-corrected chi connectivity index (χ2v) is 6.66. The summed E-state index contributed by atoms with van der Waals surface area (Å²) in [5, 5.41) is 3.89. The van der Waals surface area contributed by atoms with Gasteiger partial charge in [0.2, 0.25) is 11.0 Å². The minimum absolute atomic E-state index is 0.0876. The zero-order chi connectivity index (χ0) is 15.0. The molecule has 110 valence electrons. The summed E-state index contributed by atoms with van der Waals surface area (Å²) in [6, 6.07) is 5.75. The number of halogens is 1. The average molecular weight is 367 g/mol. The zero-order valence-corrected chi connectivity index (χ0v) is 14.2. The molecule has 3 rings (SSSR count). The number of carbonyl (C=O) groups is 1. The van der Waals surface area contributed by atoms with Gasteiger partial charge in [-0.25, -0.2) is 4.98 Å². The lowest BCUT2D eigenvalue weighted by molar-refractivity contribution is -0.117. The molecule has 0 aliphatic carbocycles. The Labute approximate surface area is 135 Å². The highest BCUT2D eigenvalue weighted by Gasteiger charge is 2.33. The number of nitrogens with one attached hydrogen (secondary N) is 1. The zero-order valence-electron chi connectivity index (χ0n) is 11.8. The predicted octanol–water partition coefficient (Wildman–Crippen LogP) is 3.13. The largest absolute Gasteiger partial charge is 0.348 e. The van der Waals surface area contributed by atoms with Crippen molar-refractivity contribution in [1.82, 2.24) is 9.36 Å². The number of carbonyl (C=O) groups excluding carboxylic acids is 1. The van der Waals surface area contributed by atoms with E-state index in [1.165, 1.54) is 11.5 Å². The third kappa shape index (κ3) is 2.94. The van der Waals surface area contributed by atoms with Crippen LogP contribution in [0, 0.1) is 13.8 Å². The lowest BCUT2D eigenvalue weighted by Crippen LogP contribution is -2.33. The first kappa shape index (κ1) is 14.5. The molecule has 1 aromatic heterocycles. The Morgan fingerprint density at radius 1 is 1.43 bits per heavy atom. The second-order valence-electron chi connectivity index (χ2n) is 5.06. The molecule has 0 radical (unpaired) electrons. The Kier molecular flexibility index (Phi) is 3.95. The van der Waals surface area contributed by atoms with Crippen LogP contribution in [-0.4, -0.2) is 27.9 Å². The Bertz CT molecular complexity index is 687. The minimum Gasteiger partial charge on any atom is -0.348 e. The van der Waals surface area contributed by atoms with Crippen LogP contribution in [-0.2, 0) is 4.79 Å². The molecule has 1 aliphatic rings. The molecule has 2 heterocycles. The van der Waals surface area contributed by atoms with Crippen LogP contribution in [0.25, 0.3) is 0 Å². The van der Waals surface area contributed by atoms with E-state index in [0.29, 0.717) is 5.13 Å². The summed E-state index contributed by atoms with van der Waals surface area (Å²) in [5.74, 6) is 0.818. The van der Waals surface area contributed by atoms with Crippen LogP contribution in [0.4, 0.5) is 10.8 Å². The molecule has 1 aliphatic heterocycles. The summed E-state index contributed by atoms with van der Waals surface area (Å²) in [6.45, 7) is 4.58. The molecule has 2 aromatic rings. The molecule has 1 fully saturated rings. The van der Waals surface area contributed by atoms with E-state index in [1.54, 1.807) is 0 Å². The third-order valence-corrected chi connectivity index (χ3v) is 5.11. The highest BCUT2D eigenvalue weighted by molar-refractivity contribution is 9.10. The summed E-state index contributed by atoms with van der Waals surface area (Å²) in [5.41, 5.74) is 2.06. The van der Waals surface area contributed by atoms with Crippen LogP contribution in [0.5, 0.6) is 0 Å². The van der Waals surface area contributed by atoms with Gasteiger partial charge in [-0.15, -0.1) is 0 Å². The van der Waals surface area contributed by atoms with E-state index >= 15 is 0 Å². The van der Waals surface area contributed by atoms with Gasteiger partial charge in [-0.3, -0.25) is 4.79 Å². The van der Waals surface area contributed by atoms with Gasteiger partial charge in [0.25, 0.3) is 0 Å². The molecule has 0 spiro atoms. The molecule has 0 saturated carbocycles. The van der Waals surface area contributed by atoms with E-state index in [2.05, 4.69) is 30.6 Å². The average Bonchev–Trinajstić information content (AvgIpc) is 3.01. The monoisotopic (exact) mass is 366 g/mol. The van der Waals surface area contributed by atoms with Crippen LogP contribution in [0.15, 0.2) is 22.7 Å². The van der Waals surface area contributed by atoms with Crippen LogP contribution in [0.2, 0.25) is 0 Å². The van der Waals surface area contributed by atoms with E-state index in [-0.39, 0.29) is 11.9 Å². The highest BCUT2D eigenvalue weighted by atomic mass is 79.9. The fourth-order valence-corrected chi connectivity index (χ4v) is 3.25. The number of rotatable bonds is 3. The Hall–Kier alpha value is -1.47. The Morgan fingerprint density at radius 3 is 2.90 bits per heavy atom. The smallest absolute Gasteiger partial charge is 0.249 e. The van der Waals surface area contributed by atoms with Gasteiger partial charge in [-0.1, -0.05) is 15.9 Å². The maximum Gasteiger partial charge on any atom is 0.249 e. The molecule has 1 unspecified atom stereocenters. The minimum atomic E-state index is -0.221. The first-order valence-corrected chi connectivity index (χ1v) is 8.25. The molecule has 7 heteroatoms. The number of hydrogen-bond donors (Lipinski definition) is 1. The van der Waals surface area contributed by atoms with E-state index in [9.17, 15) is 4.79 Å². The summed E-state index contributed by atoms with van der Waals surface area (Å²) in [4.78, 5) is 18.6. The van der Waals surface area contributed by atoms with Gasteiger partial charge in [0.1, 0.15) is 11.9 Å². The van der Waals surface area contributed by atoms with E-state index in [1.807, 2.05) is 36.9 Å². The predicted molar refractivity (Wildman–Crippen MR) is 87.9 cm³/mol. The van der Waals surface area contributed by atoms with Crippen LogP contribution in [0.1, 0.15) is 17.8 Å². The van der Waals surface area contributed by atoms with Crippen molar-refractivity contribution in [2.75, 3.05) is 16.8 Å². The molecule has 1 N–H and O–H groups in total. The number of benzene rings is 1. The molecule has 5 nitrogen and oxygen atoms in total. The van der Waals surface area contributed by atoms with Crippen LogP contribution >= 0.6 is 27.5 Å². The normalized spacial score (nSPS) is 18.3. The van der Waals surface area contributed by atoms with Gasteiger partial charge in [0.15, 0.2) is 0 Å². The first-order valence-electron chi connectivity index (χ1n) is 6.69. The molecular weight excluding hydrogens is 352 g/mol. The van der Waals surface area contributed by atoms with Gasteiger partial charge in [-0.2, -0.15) is 4.37 Å². The van der Waals surface area contributed by atoms with Crippen molar-refractivity contribution < 1.29 is 4.79 Å². The van der Waals surface area contributed by atoms with Crippen molar-refractivity contribution in [3.05, 3.63) is 34.1 Å². The SMILES string of the molecule is Cc1nsc(NC2CCN(c3ccc(Br)c(C)c3)C2=O)n1. The molecule has 1 amide bonds. The maximum atomic E-state index is 12.5. The lowest BCUT2D eigenvalue weighted by atomic mass is 10.2. The van der Waals surface area contributed by atoms with Gasteiger partial charge in [-0.05, 0) is 44.0 Å². The molecule has 1 atom stereocenters. The number of nitrogens with zero attached hydrogens (tertiary/aromatic N) is 3. The van der Waals surface area contributed by atoms with Gasteiger partial charge >= 0.3 is 0 Å². The fraction of sp³-hybridized carbons (Fsp3) is 0.357. The van der Waals surface area contributed by atoms with Crippen molar-refractivity contribution in [3.63, 3.8) is 0 Å². The number of amides is 1. The van der Waals surface area contributed by atoms with Crippen molar-refractivity contribution in [2.45, 2.75) is 26.3 Å². The molecule has 1 aromatic carbocycles.